The average molecular weight is 309 g/mol. The average Bonchev–Trinajstić information content (AvgIpc) is 2.30. The smallest absolute Gasteiger partial charge is 0.223 e. The zero-order valence-electron chi connectivity index (χ0n) is 10.2. The van der Waals surface area contributed by atoms with Gasteiger partial charge in [0.25, 0.3) is 0 Å². The highest BCUT2D eigenvalue weighted by Gasteiger charge is 2.07. The number of rotatable bonds is 4. The van der Waals surface area contributed by atoms with Crippen molar-refractivity contribution in [3.05, 3.63) is 40.8 Å². The van der Waals surface area contributed by atoms with E-state index in [9.17, 15) is 0 Å². The van der Waals surface area contributed by atoms with Crippen molar-refractivity contribution in [3.63, 3.8) is 0 Å². The van der Waals surface area contributed by atoms with Crippen LogP contribution in [-0.4, -0.2) is 16.6 Å². The summed E-state index contributed by atoms with van der Waals surface area (Å²) < 4.78 is 11.9. The molecular formula is C13H13BrN2O2. The molecule has 0 aliphatic heterocycles. The van der Waals surface area contributed by atoms with Crippen molar-refractivity contribution in [2.45, 2.75) is 13.8 Å². The van der Waals surface area contributed by atoms with Crippen LogP contribution in [0.3, 0.4) is 0 Å². The molecule has 0 radical (unpaired) electrons. The summed E-state index contributed by atoms with van der Waals surface area (Å²) in [5, 5.41) is 0. The Morgan fingerprint density at radius 1 is 1.17 bits per heavy atom. The molecule has 5 heteroatoms. The first kappa shape index (κ1) is 12.8. The molecule has 0 aliphatic rings. The fourth-order valence-corrected chi connectivity index (χ4v) is 1.93. The van der Waals surface area contributed by atoms with Gasteiger partial charge in [0.1, 0.15) is 10.4 Å². The molecular weight excluding hydrogens is 296 g/mol. The fourth-order valence-electron chi connectivity index (χ4n) is 1.48. The number of hydrogen-bond donors (Lipinski definition) is 0. The maximum Gasteiger partial charge on any atom is 0.223 e. The van der Waals surface area contributed by atoms with Crippen molar-refractivity contribution in [1.82, 2.24) is 9.97 Å². The van der Waals surface area contributed by atoms with Crippen molar-refractivity contribution in [2.75, 3.05) is 6.61 Å². The van der Waals surface area contributed by atoms with Crippen LogP contribution < -0.4 is 9.47 Å². The van der Waals surface area contributed by atoms with Crippen molar-refractivity contribution in [3.8, 4) is 17.4 Å². The maximum absolute atomic E-state index is 5.72. The van der Waals surface area contributed by atoms with Gasteiger partial charge in [-0.1, -0.05) is 12.1 Å². The molecule has 0 N–H and O–H groups in total. The van der Waals surface area contributed by atoms with Crippen LogP contribution in [0.2, 0.25) is 0 Å². The molecule has 0 unspecified atom stereocenters. The lowest BCUT2D eigenvalue weighted by atomic mass is 10.3. The number of nitrogens with zero attached hydrogens (tertiary/aromatic N) is 2. The summed E-state index contributed by atoms with van der Waals surface area (Å²) in [6.45, 7) is 4.33. The van der Waals surface area contributed by atoms with Crippen LogP contribution in [0.5, 0.6) is 17.4 Å². The Bertz CT molecular complexity index is 526. The van der Waals surface area contributed by atoms with E-state index in [0.717, 1.165) is 0 Å². The molecule has 0 saturated carbocycles. The van der Waals surface area contributed by atoms with E-state index in [1.165, 1.54) is 0 Å². The second-order valence-corrected chi connectivity index (χ2v) is 4.37. The third-order valence-electron chi connectivity index (χ3n) is 2.15. The maximum atomic E-state index is 5.72. The number of para-hydroxylation sites is 2. The lowest BCUT2D eigenvalue weighted by molar-refractivity contribution is 0.319. The lowest BCUT2D eigenvalue weighted by Gasteiger charge is -2.10. The predicted octanol–water partition coefficient (Wildman–Crippen LogP) is 3.74. The summed E-state index contributed by atoms with van der Waals surface area (Å²) in [7, 11) is 0. The first-order chi connectivity index (χ1) is 8.69. The molecule has 1 heterocycles. The molecule has 94 valence electrons. The Labute approximate surface area is 114 Å². The van der Waals surface area contributed by atoms with Crippen molar-refractivity contribution < 1.29 is 9.47 Å². The molecule has 0 aliphatic carbocycles. The molecule has 0 atom stereocenters. The van der Waals surface area contributed by atoms with Gasteiger partial charge in [0.05, 0.1) is 6.61 Å². The van der Waals surface area contributed by atoms with Crippen LogP contribution in [0, 0.1) is 6.92 Å². The number of aryl methyl sites for hydroxylation is 1. The van der Waals surface area contributed by atoms with Crippen LogP contribution in [0.25, 0.3) is 0 Å². The minimum absolute atomic E-state index is 0.488. The first-order valence-corrected chi connectivity index (χ1v) is 6.39. The number of benzene rings is 1. The highest BCUT2D eigenvalue weighted by Crippen LogP contribution is 2.30. The minimum atomic E-state index is 0.488. The first-order valence-electron chi connectivity index (χ1n) is 5.60. The highest BCUT2D eigenvalue weighted by molar-refractivity contribution is 9.10. The molecule has 2 aromatic rings. The normalized spacial score (nSPS) is 10.2. The van der Waals surface area contributed by atoms with Gasteiger partial charge in [-0.2, -0.15) is 4.98 Å². The lowest BCUT2D eigenvalue weighted by Crippen LogP contribution is -1.97. The second-order valence-electron chi connectivity index (χ2n) is 3.56. The van der Waals surface area contributed by atoms with E-state index in [0.29, 0.717) is 34.4 Å². The quantitative estimate of drug-likeness (QED) is 0.807. The van der Waals surface area contributed by atoms with Gasteiger partial charge in [-0.15, -0.1) is 0 Å². The predicted molar refractivity (Wildman–Crippen MR) is 72.2 cm³/mol. The van der Waals surface area contributed by atoms with E-state index in [-0.39, 0.29) is 0 Å². The summed E-state index contributed by atoms with van der Waals surface area (Å²) in [6.07, 6.45) is 0. The minimum Gasteiger partial charge on any atom is -0.490 e. The van der Waals surface area contributed by atoms with E-state index in [2.05, 4.69) is 25.9 Å². The summed E-state index contributed by atoms with van der Waals surface area (Å²) >= 11 is 3.31. The Morgan fingerprint density at radius 3 is 2.56 bits per heavy atom. The van der Waals surface area contributed by atoms with Crippen LogP contribution in [0.15, 0.2) is 34.9 Å². The molecule has 1 aromatic heterocycles. The zero-order chi connectivity index (χ0) is 13.0. The van der Waals surface area contributed by atoms with Crippen molar-refractivity contribution in [2.24, 2.45) is 0 Å². The van der Waals surface area contributed by atoms with E-state index < -0.39 is 0 Å². The Balaban J connectivity index is 2.27. The van der Waals surface area contributed by atoms with E-state index in [1.807, 2.05) is 38.1 Å². The van der Waals surface area contributed by atoms with Crippen LogP contribution >= 0.6 is 15.9 Å². The van der Waals surface area contributed by atoms with E-state index in [4.69, 9.17) is 9.47 Å². The van der Waals surface area contributed by atoms with Crippen LogP contribution in [0.1, 0.15) is 12.7 Å². The number of hydrogen-bond acceptors (Lipinski definition) is 4. The van der Waals surface area contributed by atoms with Gasteiger partial charge in [0.15, 0.2) is 11.5 Å². The van der Waals surface area contributed by atoms with Crippen molar-refractivity contribution in [1.29, 1.82) is 0 Å². The summed E-state index contributed by atoms with van der Waals surface area (Å²) in [4.78, 5) is 8.34. The van der Waals surface area contributed by atoms with Gasteiger partial charge >= 0.3 is 0 Å². The molecule has 0 bridgehead atoms. The Morgan fingerprint density at radius 2 is 1.89 bits per heavy atom. The topological polar surface area (TPSA) is 44.2 Å². The van der Waals surface area contributed by atoms with Gasteiger partial charge in [0.2, 0.25) is 5.88 Å². The highest BCUT2D eigenvalue weighted by atomic mass is 79.9. The molecule has 0 amide bonds. The van der Waals surface area contributed by atoms with Gasteiger partial charge < -0.3 is 9.47 Å². The van der Waals surface area contributed by atoms with Crippen LogP contribution in [0.4, 0.5) is 0 Å². The van der Waals surface area contributed by atoms with Gasteiger partial charge in [-0.05, 0) is 41.9 Å². The molecule has 1 aromatic carbocycles. The van der Waals surface area contributed by atoms with Crippen molar-refractivity contribution >= 4 is 15.9 Å². The molecule has 18 heavy (non-hydrogen) atoms. The van der Waals surface area contributed by atoms with Gasteiger partial charge in [0, 0.05) is 6.07 Å². The summed E-state index contributed by atoms with van der Waals surface area (Å²) in [5.41, 5.74) is 0. The van der Waals surface area contributed by atoms with E-state index in [1.54, 1.807) is 6.07 Å². The molecule has 0 fully saturated rings. The van der Waals surface area contributed by atoms with Gasteiger partial charge in [-0.25, -0.2) is 4.98 Å². The molecule has 0 saturated heterocycles. The molecule has 2 rings (SSSR count). The monoisotopic (exact) mass is 308 g/mol. The van der Waals surface area contributed by atoms with E-state index >= 15 is 0 Å². The van der Waals surface area contributed by atoms with Gasteiger partial charge in [-0.3, -0.25) is 0 Å². The molecule has 0 spiro atoms. The second kappa shape index (κ2) is 5.82. The third kappa shape index (κ3) is 3.20. The summed E-state index contributed by atoms with van der Waals surface area (Å²) in [6, 6.07) is 9.22. The number of aromatic nitrogens is 2. The largest absolute Gasteiger partial charge is 0.490 e. The zero-order valence-corrected chi connectivity index (χ0v) is 11.8. The van der Waals surface area contributed by atoms with Crippen LogP contribution in [-0.2, 0) is 0 Å². The Hall–Kier alpha value is -1.62. The molecule has 4 nitrogen and oxygen atoms in total. The number of halogens is 1. The standard InChI is InChI=1S/C13H13BrN2O2/c1-3-17-10-6-4-5-7-11(10)18-13-8-12(14)15-9(2)16-13/h4-8H,3H2,1-2H3. The SMILES string of the molecule is CCOc1ccccc1Oc1cc(Br)nc(C)n1. The Kier molecular flexibility index (Phi) is 4.15. The fraction of sp³-hybridized carbons (Fsp3) is 0.231. The number of ether oxygens (including phenoxy) is 2. The summed E-state index contributed by atoms with van der Waals surface area (Å²) in [5.74, 6) is 2.48. The third-order valence-corrected chi connectivity index (χ3v) is 2.55.